The molecule has 0 spiro atoms. The summed E-state index contributed by atoms with van der Waals surface area (Å²) in [5.74, 6) is 0.295. The number of carbonyl (C=O) groups excluding carboxylic acids is 1. The fourth-order valence-electron chi connectivity index (χ4n) is 2.45. The summed E-state index contributed by atoms with van der Waals surface area (Å²) in [6.45, 7) is 0. The molecule has 2 aromatic heterocycles. The molecule has 0 saturated heterocycles. The number of carbonyl (C=O) groups is 1. The first-order valence-electron chi connectivity index (χ1n) is 5.77. The molecule has 2 heterocycles. The van der Waals surface area contributed by atoms with Crippen LogP contribution >= 0.6 is 11.6 Å². The van der Waals surface area contributed by atoms with Crippen LogP contribution in [-0.4, -0.2) is 20.3 Å². The number of ketones is 1. The fraction of sp³-hybridized carbons (Fsp3) is 0.417. The number of hydrogen-bond acceptors (Lipinski definition) is 3. The third kappa shape index (κ3) is 1.72. The van der Waals surface area contributed by atoms with Gasteiger partial charge in [0.05, 0.1) is 11.4 Å². The predicted octanol–water partition coefficient (Wildman–Crippen LogP) is 2.77. The molecule has 1 unspecified atom stereocenters. The van der Waals surface area contributed by atoms with Gasteiger partial charge in [0.2, 0.25) is 0 Å². The molecule has 5 heteroatoms. The van der Waals surface area contributed by atoms with E-state index in [2.05, 4.69) is 9.97 Å². The van der Waals surface area contributed by atoms with E-state index in [1.54, 1.807) is 0 Å². The Bertz CT molecular complexity index is 578. The summed E-state index contributed by atoms with van der Waals surface area (Å²) in [7, 11) is 0. The van der Waals surface area contributed by atoms with E-state index in [0.717, 1.165) is 30.3 Å². The number of aromatic nitrogens is 3. The zero-order valence-corrected chi connectivity index (χ0v) is 10.0. The molecule has 1 aliphatic carbocycles. The number of nitrogens with zero attached hydrogens (tertiary/aromatic N) is 3. The van der Waals surface area contributed by atoms with Gasteiger partial charge in [-0.3, -0.25) is 4.79 Å². The highest BCUT2D eigenvalue weighted by Gasteiger charge is 2.25. The topological polar surface area (TPSA) is 47.8 Å². The normalized spacial score (nSPS) is 21.0. The summed E-state index contributed by atoms with van der Waals surface area (Å²) in [6.07, 6.45) is 6.99. The van der Waals surface area contributed by atoms with Gasteiger partial charge in [0.25, 0.3) is 0 Å². The molecule has 1 aliphatic rings. The van der Waals surface area contributed by atoms with Crippen molar-refractivity contribution in [3.05, 3.63) is 23.7 Å². The van der Waals surface area contributed by atoms with Crippen LogP contribution in [-0.2, 0) is 4.79 Å². The standard InChI is InChI=1S/C12H12ClN3O/c13-11-8-5-6-16(12(8)15-7-14-11)9-3-1-2-4-10(9)17/h5-7,9H,1-4H2. The molecule has 88 valence electrons. The van der Waals surface area contributed by atoms with E-state index >= 15 is 0 Å². The zero-order chi connectivity index (χ0) is 11.8. The van der Waals surface area contributed by atoms with Crippen LogP contribution in [0.3, 0.4) is 0 Å². The first-order chi connectivity index (χ1) is 8.27. The van der Waals surface area contributed by atoms with Crippen LogP contribution in [0.25, 0.3) is 11.0 Å². The monoisotopic (exact) mass is 249 g/mol. The number of rotatable bonds is 1. The van der Waals surface area contributed by atoms with Gasteiger partial charge < -0.3 is 4.57 Å². The summed E-state index contributed by atoms with van der Waals surface area (Å²) < 4.78 is 1.93. The minimum absolute atomic E-state index is 0.0767. The second-order valence-electron chi connectivity index (χ2n) is 4.35. The Morgan fingerprint density at radius 2 is 2.24 bits per heavy atom. The molecule has 3 rings (SSSR count). The first-order valence-corrected chi connectivity index (χ1v) is 6.15. The van der Waals surface area contributed by atoms with Crippen molar-refractivity contribution in [2.45, 2.75) is 31.7 Å². The van der Waals surface area contributed by atoms with Crippen molar-refractivity contribution in [3.63, 3.8) is 0 Å². The Morgan fingerprint density at radius 3 is 3.06 bits per heavy atom. The van der Waals surface area contributed by atoms with Gasteiger partial charge in [-0.25, -0.2) is 9.97 Å². The van der Waals surface area contributed by atoms with Crippen molar-refractivity contribution in [3.8, 4) is 0 Å². The van der Waals surface area contributed by atoms with Crippen LogP contribution in [0.4, 0.5) is 0 Å². The smallest absolute Gasteiger partial charge is 0.155 e. The van der Waals surface area contributed by atoms with E-state index in [-0.39, 0.29) is 6.04 Å². The lowest BCUT2D eigenvalue weighted by molar-refractivity contribution is -0.123. The van der Waals surface area contributed by atoms with Crippen LogP contribution in [0.5, 0.6) is 0 Å². The third-order valence-corrected chi connectivity index (χ3v) is 3.62. The number of fused-ring (bicyclic) bond motifs is 1. The molecule has 1 saturated carbocycles. The van der Waals surface area contributed by atoms with Crippen molar-refractivity contribution in [2.75, 3.05) is 0 Å². The second kappa shape index (κ2) is 4.11. The summed E-state index contributed by atoms with van der Waals surface area (Å²) in [6, 6.07) is 1.80. The summed E-state index contributed by atoms with van der Waals surface area (Å²) in [5, 5.41) is 1.25. The quantitative estimate of drug-likeness (QED) is 0.730. The van der Waals surface area contributed by atoms with Crippen LogP contribution in [0, 0.1) is 0 Å². The maximum atomic E-state index is 11.9. The minimum Gasteiger partial charge on any atom is -0.322 e. The highest BCUT2D eigenvalue weighted by atomic mass is 35.5. The Hall–Kier alpha value is -1.42. The van der Waals surface area contributed by atoms with Gasteiger partial charge in [-0.1, -0.05) is 18.0 Å². The van der Waals surface area contributed by atoms with Crippen molar-refractivity contribution in [1.82, 2.24) is 14.5 Å². The SMILES string of the molecule is O=C1CCCCC1n1ccc2c(Cl)ncnc21. The van der Waals surface area contributed by atoms with Gasteiger partial charge in [0.1, 0.15) is 17.1 Å². The second-order valence-corrected chi connectivity index (χ2v) is 4.71. The van der Waals surface area contributed by atoms with Crippen LogP contribution in [0.15, 0.2) is 18.6 Å². The van der Waals surface area contributed by atoms with Crippen LogP contribution < -0.4 is 0 Å². The Labute approximate surface area is 104 Å². The lowest BCUT2D eigenvalue weighted by Gasteiger charge is -2.22. The van der Waals surface area contributed by atoms with Crippen molar-refractivity contribution >= 4 is 28.4 Å². The van der Waals surface area contributed by atoms with Gasteiger partial charge in [-0.05, 0) is 18.9 Å². The third-order valence-electron chi connectivity index (χ3n) is 3.32. The molecule has 1 fully saturated rings. The van der Waals surface area contributed by atoms with Crippen LogP contribution in [0.1, 0.15) is 31.7 Å². The van der Waals surface area contributed by atoms with Crippen molar-refractivity contribution in [2.24, 2.45) is 0 Å². The largest absolute Gasteiger partial charge is 0.322 e. The molecule has 0 amide bonds. The molecule has 0 aromatic carbocycles. The highest BCUT2D eigenvalue weighted by molar-refractivity contribution is 6.33. The molecular weight excluding hydrogens is 238 g/mol. The number of hydrogen-bond donors (Lipinski definition) is 0. The zero-order valence-electron chi connectivity index (χ0n) is 9.27. The molecule has 0 N–H and O–H groups in total. The van der Waals surface area contributed by atoms with Crippen molar-refractivity contribution in [1.29, 1.82) is 0 Å². The Morgan fingerprint density at radius 1 is 1.35 bits per heavy atom. The summed E-state index contributed by atoms with van der Waals surface area (Å²) >= 11 is 6.00. The van der Waals surface area contributed by atoms with Gasteiger partial charge in [0.15, 0.2) is 5.78 Å². The van der Waals surface area contributed by atoms with E-state index in [1.165, 1.54) is 6.33 Å². The average Bonchev–Trinajstić information content (AvgIpc) is 2.75. The molecule has 0 aliphatic heterocycles. The lowest BCUT2D eigenvalue weighted by atomic mass is 9.94. The predicted molar refractivity (Wildman–Crippen MR) is 65.1 cm³/mol. The summed E-state index contributed by atoms with van der Waals surface area (Å²) in [5.41, 5.74) is 0.755. The van der Waals surface area contributed by atoms with Crippen molar-refractivity contribution < 1.29 is 4.79 Å². The van der Waals surface area contributed by atoms with Gasteiger partial charge in [0, 0.05) is 12.6 Å². The Kier molecular flexibility index (Phi) is 2.59. The van der Waals surface area contributed by atoms with Gasteiger partial charge in [-0.2, -0.15) is 0 Å². The molecule has 2 aromatic rings. The summed E-state index contributed by atoms with van der Waals surface area (Å²) in [4.78, 5) is 20.1. The maximum absolute atomic E-state index is 11.9. The molecule has 1 atom stereocenters. The number of Topliss-reactive ketones (excluding diaryl/α,β-unsaturated/α-hetero) is 1. The van der Waals surface area contributed by atoms with Gasteiger partial charge >= 0.3 is 0 Å². The molecule has 0 radical (unpaired) electrons. The molecule has 0 bridgehead atoms. The molecule has 17 heavy (non-hydrogen) atoms. The highest BCUT2D eigenvalue weighted by Crippen LogP contribution is 2.29. The van der Waals surface area contributed by atoms with E-state index < -0.39 is 0 Å². The van der Waals surface area contributed by atoms with Gasteiger partial charge in [-0.15, -0.1) is 0 Å². The molecule has 4 nitrogen and oxygen atoms in total. The maximum Gasteiger partial charge on any atom is 0.155 e. The fourth-order valence-corrected chi connectivity index (χ4v) is 2.64. The van der Waals surface area contributed by atoms with E-state index in [0.29, 0.717) is 17.4 Å². The van der Waals surface area contributed by atoms with Crippen LogP contribution in [0.2, 0.25) is 5.15 Å². The Balaban J connectivity index is 2.11. The number of halogens is 1. The van der Waals surface area contributed by atoms with E-state index in [1.807, 2.05) is 16.8 Å². The molecular formula is C12H12ClN3O. The first kappa shape index (κ1) is 10.7. The average molecular weight is 250 g/mol. The van der Waals surface area contributed by atoms with E-state index in [4.69, 9.17) is 11.6 Å². The van der Waals surface area contributed by atoms with E-state index in [9.17, 15) is 4.79 Å². The lowest BCUT2D eigenvalue weighted by Crippen LogP contribution is -2.22. The minimum atomic E-state index is -0.0767.